The molecule has 0 saturated heterocycles. The van der Waals surface area contributed by atoms with E-state index in [4.69, 9.17) is 0 Å². The smallest absolute Gasteiger partial charge is 0.230 e. The van der Waals surface area contributed by atoms with Gasteiger partial charge in [-0.05, 0) is 17.7 Å². The first kappa shape index (κ1) is 17.5. The number of benzene rings is 2. The Morgan fingerprint density at radius 1 is 0.880 bits per heavy atom. The fourth-order valence-electron chi connectivity index (χ4n) is 2.06. The van der Waals surface area contributed by atoms with E-state index in [1.54, 1.807) is 24.2 Å². The molecule has 6 heteroatoms. The van der Waals surface area contributed by atoms with Gasteiger partial charge >= 0.3 is 0 Å². The molecule has 0 unspecified atom stereocenters. The van der Waals surface area contributed by atoms with E-state index in [0.29, 0.717) is 12.3 Å². The summed E-state index contributed by atoms with van der Waals surface area (Å²) in [6.07, 6.45) is 3.32. The van der Waals surface area contributed by atoms with Crippen molar-refractivity contribution in [2.75, 3.05) is 5.75 Å². The van der Waals surface area contributed by atoms with E-state index < -0.39 is 0 Å². The summed E-state index contributed by atoms with van der Waals surface area (Å²) >= 11 is 2.95. The molecule has 3 rings (SSSR count). The zero-order valence-electron chi connectivity index (χ0n) is 13.5. The van der Waals surface area contributed by atoms with Crippen molar-refractivity contribution in [1.29, 1.82) is 0 Å². The monoisotopic (exact) mass is 367 g/mol. The Morgan fingerprint density at radius 2 is 1.52 bits per heavy atom. The fourth-order valence-corrected chi connectivity index (χ4v) is 3.82. The average molecular weight is 367 g/mol. The molecule has 0 aliphatic heterocycles. The predicted molar refractivity (Wildman–Crippen MR) is 102 cm³/mol. The SMILES string of the molecule is O=C(CSc1nccnc1Sc1ccccc1)NCc1ccccc1. The summed E-state index contributed by atoms with van der Waals surface area (Å²) in [6.45, 7) is 0.534. The number of nitrogens with zero attached hydrogens (tertiary/aromatic N) is 2. The zero-order valence-corrected chi connectivity index (χ0v) is 15.1. The summed E-state index contributed by atoms with van der Waals surface area (Å²) < 4.78 is 0. The van der Waals surface area contributed by atoms with Gasteiger partial charge in [0.05, 0.1) is 5.75 Å². The number of amides is 1. The lowest BCUT2D eigenvalue weighted by Gasteiger charge is -2.07. The first-order valence-corrected chi connectivity index (χ1v) is 9.59. The quantitative estimate of drug-likeness (QED) is 0.639. The Hall–Kier alpha value is -2.31. The van der Waals surface area contributed by atoms with E-state index in [9.17, 15) is 4.79 Å². The van der Waals surface area contributed by atoms with Crippen LogP contribution in [-0.4, -0.2) is 21.6 Å². The first-order valence-electron chi connectivity index (χ1n) is 7.78. The van der Waals surface area contributed by atoms with Crippen molar-refractivity contribution in [2.24, 2.45) is 0 Å². The van der Waals surface area contributed by atoms with Gasteiger partial charge in [-0.2, -0.15) is 0 Å². The van der Waals surface area contributed by atoms with E-state index in [1.165, 1.54) is 11.8 Å². The summed E-state index contributed by atoms with van der Waals surface area (Å²) in [5.74, 6) is 0.295. The maximum absolute atomic E-state index is 12.1. The summed E-state index contributed by atoms with van der Waals surface area (Å²) in [5.41, 5.74) is 1.08. The molecule has 1 amide bonds. The van der Waals surface area contributed by atoms with Crippen molar-refractivity contribution in [3.8, 4) is 0 Å². The highest BCUT2D eigenvalue weighted by Gasteiger charge is 2.10. The van der Waals surface area contributed by atoms with Gasteiger partial charge in [0.2, 0.25) is 5.91 Å². The third kappa shape index (κ3) is 5.62. The van der Waals surface area contributed by atoms with Gasteiger partial charge in [0, 0.05) is 23.8 Å². The molecule has 1 aromatic heterocycles. The Balaban J connectivity index is 1.55. The minimum absolute atomic E-state index is 0.0184. The topological polar surface area (TPSA) is 54.9 Å². The van der Waals surface area contributed by atoms with Crippen LogP contribution in [-0.2, 0) is 11.3 Å². The summed E-state index contributed by atoms with van der Waals surface area (Å²) in [7, 11) is 0. The van der Waals surface area contributed by atoms with Gasteiger partial charge in [-0.15, -0.1) is 0 Å². The Bertz CT molecular complexity index is 813. The number of hydrogen-bond donors (Lipinski definition) is 1. The molecule has 1 heterocycles. The van der Waals surface area contributed by atoms with Gasteiger partial charge in [-0.1, -0.05) is 72.1 Å². The van der Waals surface area contributed by atoms with Crippen LogP contribution in [0.4, 0.5) is 0 Å². The number of aromatic nitrogens is 2. The number of carbonyl (C=O) groups excluding carboxylic acids is 1. The van der Waals surface area contributed by atoms with Gasteiger partial charge in [0.15, 0.2) is 0 Å². The van der Waals surface area contributed by atoms with Gasteiger partial charge in [-0.3, -0.25) is 4.79 Å². The zero-order chi connectivity index (χ0) is 17.3. The molecule has 4 nitrogen and oxygen atoms in total. The summed E-state index contributed by atoms with van der Waals surface area (Å²) in [5, 5.41) is 4.51. The molecule has 0 bridgehead atoms. The Morgan fingerprint density at radius 3 is 2.24 bits per heavy atom. The summed E-state index contributed by atoms with van der Waals surface area (Å²) in [4.78, 5) is 21.9. The molecule has 0 saturated carbocycles. The van der Waals surface area contributed by atoms with Crippen molar-refractivity contribution in [3.05, 3.63) is 78.6 Å². The largest absolute Gasteiger partial charge is 0.351 e. The van der Waals surface area contributed by atoms with Crippen LogP contribution in [0.3, 0.4) is 0 Å². The molecule has 3 aromatic rings. The number of rotatable bonds is 7. The average Bonchev–Trinajstić information content (AvgIpc) is 2.67. The van der Waals surface area contributed by atoms with Gasteiger partial charge < -0.3 is 5.32 Å². The molecule has 126 valence electrons. The fraction of sp³-hybridized carbons (Fsp3) is 0.105. The van der Waals surface area contributed by atoms with E-state index >= 15 is 0 Å². The van der Waals surface area contributed by atoms with Crippen molar-refractivity contribution in [3.63, 3.8) is 0 Å². The molecule has 2 aromatic carbocycles. The molecular weight excluding hydrogens is 350 g/mol. The molecule has 0 spiro atoms. The van der Waals surface area contributed by atoms with Crippen LogP contribution < -0.4 is 5.32 Å². The second-order valence-corrected chi connectivity index (χ2v) is 7.16. The van der Waals surface area contributed by atoms with Crippen LogP contribution >= 0.6 is 23.5 Å². The van der Waals surface area contributed by atoms with Crippen LogP contribution in [0.15, 0.2) is 88.0 Å². The van der Waals surface area contributed by atoms with E-state index in [1.807, 2.05) is 60.7 Å². The molecule has 0 radical (unpaired) electrons. The van der Waals surface area contributed by atoms with Crippen LogP contribution in [0.2, 0.25) is 0 Å². The number of hydrogen-bond acceptors (Lipinski definition) is 5. The second kappa shape index (κ2) is 9.25. The molecule has 0 aliphatic rings. The number of nitrogens with one attached hydrogen (secondary N) is 1. The summed E-state index contributed by atoms with van der Waals surface area (Å²) in [6, 6.07) is 19.9. The van der Waals surface area contributed by atoms with Crippen LogP contribution in [0.25, 0.3) is 0 Å². The van der Waals surface area contributed by atoms with Crippen LogP contribution in [0.5, 0.6) is 0 Å². The van der Waals surface area contributed by atoms with Crippen molar-refractivity contribution in [2.45, 2.75) is 21.5 Å². The normalized spacial score (nSPS) is 10.4. The highest BCUT2D eigenvalue weighted by atomic mass is 32.2. The minimum Gasteiger partial charge on any atom is -0.351 e. The minimum atomic E-state index is -0.0184. The predicted octanol–water partition coefficient (Wildman–Crippen LogP) is 4.04. The van der Waals surface area contributed by atoms with E-state index in [-0.39, 0.29) is 5.91 Å². The lowest BCUT2D eigenvalue weighted by Crippen LogP contribution is -2.24. The lowest BCUT2D eigenvalue weighted by atomic mass is 10.2. The van der Waals surface area contributed by atoms with Gasteiger partial charge in [0.25, 0.3) is 0 Å². The standard InChI is InChI=1S/C19H17N3OS2/c23-17(22-13-15-7-3-1-4-8-15)14-24-18-19(21-12-11-20-18)25-16-9-5-2-6-10-16/h1-12H,13-14H2,(H,22,23). The molecule has 0 aliphatic carbocycles. The molecular formula is C19H17N3OS2. The maximum Gasteiger partial charge on any atom is 0.230 e. The highest BCUT2D eigenvalue weighted by molar-refractivity contribution is 8.02. The maximum atomic E-state index is 12.1. The highest BCUT2D eigenvalue weighted by Crippen LogP contribution is 2.32. The molecule has 25 heavy (non-hydrogen) atoms. The van der Waals surface area contributed by atoms with E-state index in [0.717, 1.165) is 20.5 Å². The first-order chi connectivity index (χ1) is 12.3. The number of thioether (sulfide) groups is 1. The van der Waals surface area contributed by atoms with Crippen LogP contribution in [0, 0.1) is 0 Å². The Labute approximate surface area is 155 Å². The number of carbonyl (C=O) groups is 1. The Kier molecular flexibility index (Phi) is 6.48. The van der Waals surface area contributed by atoms with Crippen molar-refractivity contribution >= 4 is 29.4 Å². The van der Waals surface area contributed by atoms with E-state index in [2.05, 4.69) is 15.3 Å². The third-order valence-corrected chi connectivity index (χ3v) is 5.37. The second-order valence-electron chi connectivity index (χ2n) is 5.13. The molecule has 0 fully saturated rings. The van der Waals surface area contributed by atoms with Crippen molar-refractivity contribution in [1.82, 2.24) is 15.3 Å². The van der Waals surface area contributed by atoms with Crippen molar-refractivity contribution < 1.29 is 4.79 Å². The third-order valence-electron chi connectivity index (χ3n) is 3.26. The van der Waals surface area contributed by atoms with Crippen LogP contribution in [0.1, 0.15) is 5.56 Å². The molecule has 1 N–H and O–H groups in total. The van der Waals surface area contributed by atoms with Gasteiger partial charge in [0.1, 0.15) is 10.1 Å². The van der Waals surface area contributed by atoms with Gasteiger partial charge in [-0.25, -0.2) is 9.97 Å². The molecule has 0 atom stereocenters. The lowest BCUT2D eigenvalue weighted by molar-refractivity contribution is -0.118.